The average molecular weight is 543 g/mol. The summed E-state index contributed by atoms with van der Waals surface area (Å²) in [7, 11) is 3.40. The highest BCUT2D eigenvalue weighted by atomic mass is 16.5. The van der Waals surface area contributed by atoms with E-state index in [1.807, 2.05) is 6.07 Å². The molecule has 3 aromatic rings. The van der Waals surface area contributed by atoms with E-state index < -0.39 is 0 Å². The highest BCUT2D eigenvalue weighted by Gasteiger charge is 2.25. The zero-order chi connectivity index (χ0) is 27.9. The minimum Gasteiger partial charge on any atom is -0.508 e. The van der Waals surface area contributed by atoms with Crippen LogP contribution >= 0.6 is 0 Å². The second-order valence-corrected chi connectivity index (χ2v) is 11.8. The van der Waals surface area contributed by atoms with Crippen LogP contribution in [0.15, 0.2) is 54.6 Å². The fraction of sp³-hybridized carbons (Fsp3) is 0.486. The third-order valence-corrected chi connectivity index (χ3v) is 8.80. The van der Waals surface area contributed by atoms with Gasteiger partial charge >= 0.3 is 0 Å². The number of methoxy groups -OCH3 is 2. The third-order valence-electron chi connectivity index (χ3n) is 8.80. The number of nitrogens with one attached hydrogen (secondary N) is 1. The van der Waals surface area contributed by atoms with Crippen molar-refractivity contribution in [2.75, 3.05) is 39.2 Å². The predicted molar refractivity (Wildman–Crippen MR) is 164 cm³/mol. The molecule has 5 nitrogen and oxygen atoms in total. The van der Waals surface area contributed by atoms with Crippen LogP contribution < -0.4 is 14.8 Å². The predicted octanol–water partition coefficient (Wildman–Crippen LogP) is 7.14. The highest BCUT2D eigenvalue weighted by molar-refractivity contribution is 5.63. The number of hydrogen-bond acceptors (Lipinski definition) is 5. The van der Waals surface area contributed by atoms with Crippen molar-refractivity contribution in [1.29, 1.82) is 0 Å². The molecular formula is C35H46N2O3. The number of aromatic hydroxyl groups is 1. The van der Waals surface area contributed by atoms with Crippen molar-refractivity contribution in [2.45, 2.75) is 76.7 Å². The first-order valence-electron chi connectivity index (χ1n) is 15.2. The van der Waals surface area contributed by atoms with Crippen molar-refractivity contribution in [2.24, 2.45) is 0 Å². The number of rotatable bonds is 10. The van der Waals surface area contributed by atoms with Crippen LogP contribution in [-0.4, -0.2) is 49.9 Å². The second kappa shape index (κ2) is 13.5. The molecule has 0 radical (unpaired) electrons. The Morgan fingerprint density at radius 1 is 0.875 bits per heavy atom. The maximum atomic E-state index is 9.92. The molecule has 1 fully saturated rings. The van der Waals surface area contributed by atoms with E-state index in [9.17, 15) is 5.11 Å². The molecule has 2 N–H and O–H groups in total. The molecule has 1 aliphatic heterocycles. The number of phenols is 1. The lowest BCUT2D eigenvalue weighted by Crippen LogP contribution is -2.26. The fourth-order valence-electron chi connectivity index (χ4n) is 6.52. The van der Waals surface area contributed by atoms with E-state index >= 15 is 0 Å². The quantitative estimate of drug-likeness (QED) is 0.285. The Morgan fingerprint density at radius 3 is 2.30 bits per heavy atom. The van der Waals surface area contributed by atoms with E-state index in [1.54, 1.807) is 20.3 Å². The SMILES string of the molecule is COc1cc(NC(C)Cc2ccc(CCN3CCCCCC3)cc2)c(C2CCc3cc(O)ccc3C2)cc1OC. The zero-order valence-electron chi connectivity index (χ0n) is 24.5. The average Bonchev–Trinajstić information content (AvgIpc) is 3.25. The van der Waals surface area contributed by atoms with Crippen molar-refractivity contribution in [3.05, 3.63) is 82.4 Å². The van der Waals surface area contributed by atoms with E-state index in [0.29, 0.717) is 11.7 Å². The molecule has 40 heavy (non-hydrogen) atoms. The number of benzene rings is 3. The monoisotopic (exact) mass is 542 g/mol. The Balaban J connectivity index is 1.26. The number of fused-ring (bicyclic) bond motifs is 1. The first-order valence-corrected chi connectivity index (χ1v) is 15.2. The second-order valence-electron chi connectivity index (χ2n) is 11.8. The van der Waals surface area contributed by atoms with E-state index in [0.717, 1.165) is 49.3 Å². The summed E-state index contributed by atoms with van der Waals surface area (Å²) in [6.07, 6.45) is 10.5. The summed E-state index contributed by atoms with van der Waals surface area (Å²) in [5.41, 5.74) is 7.75. The highest BCUT2D eigenvalue weighted by Crippen LogP contribution is 2.42. The standard InChI is InChI=1S/C35H46N2O3/c1-25(20-27-10-8-26(9-11-27)16-19-37-17-6-4-5-7-18-37)36-33-24-35(40-3)34(39-2)23-32(33)30-13-12-29-22-31(38)15-14-28(29)21-30/h8-11,14-15,22-25,30,36,38H,4-7,12-13,16-21H2,1-3H3. The normalized spacial score (nSPS) is 18.4. The first kappa shape index (κ1) is 28.4. The summed E-state index contributed by atoms with van der Waals surface area (Å²) >= 11 is 0. The maximum absolute atomic E-state index is 9.92. The molecule has 5 rings (SSSR count). The van der Waals surface area contributed by atoms with Gasteiger partial charge in [0.15, 0.2) is 11.5 Å². The van der Waals surface area contributed by atoms with E-state index in [-0.39, 0.29) is 6.04 Å². The van der Waals surface area contributed by atoms with Crippen molar-refractivity contribution in [3.63, 3.8) is 0 Å². The lowest BCUT2D eigenvalue weighted by Gasteiger charge is -2.29. The van der Waals surface area contributed by atoms with Crippen molar-refractivity contribution in [3.8, 4) is 17.2 Å². The Hall–Kier alpha value is -3.18. The molecule has 0 spiro atoms. The summed E-state index contributed by atoms with van der Waals surface area (Å²) in [6.45, 7) is 5.95. The van der Waals surface area contributed by atoms with E-state index in [2.05, 4.69) is 59.6 Å². The van der Waals surface area contributed by atoms with Crippen LogP contribution in [0.2, 0.25) is 0 Å². The number of phenolic OH excluding ortho intramolecular Hbond substituents is 1. The molecule has 1 aliphatic carbocycles. The molecule has 214 valence electrons. The topological polar surface area (TPSA) is 54.0 Å². The molecule has 1 saturated heterocycles. The summed E-state index contributed by atoms with van der Waals surface area (Å²) in [5, 5.41) is 13.7. The molecule has 0 amide bonds. The molecule has 2 unspecified atom stereocenters. The van der Waals surface area contributed by atoms with Crippen LogP contribution in [0.4, 0.5) is 5.69 Å². The number of hydrogen-bond donors (Lipinski definition) is 2. The Morgan fingerprint density at radius 2 is 1.57 bits per heavy atom. The molecular weight excluding hydrogens is 496 g/mol. The van der Waals surface area contributed by atoms with Gasteiger partial charge in [-0.3, -0.25) is 0 Å². The van der Waals surface area contributed by atoms with E-state index in [4.69, 9.17) is 9.47 Å². The molecule has 2 atom stereocenters. The zero-order valence-corrected chi connectivity index (χ0v) is 24.5. The molecule has 0 saturated carbocycles. The summed E-state index contributed by atoms with van der Waals surface area (Å²) < 4.78 is 11.4. The van der Waals surface area contributed by atoms with Gasteiger partial charge in [-0.15, -0.1) is 0 Å². The molecule has 0 bridgehead atoms. The minimum atomic E-state index is 0.257. The van der Waals surface area contributed by atoms with Crippen LogP contribution in [-0.2, 0) is 25.7 Å². The lowest BCUT2D eigenvalue weighted by atomic mass is 9.79. The maximum Gasteiger partial charge on any atom is 0.162 e. The van der Waals surface area contributed by atoms with Gasteiger partial charge in [0.2, 0.25) is 0 Å². The summed E-state index contributed by atoms with van der Waals surface area (Å²) in [5.74, 6) is 2.23. The lowest BCUT2D eigenvalue weighted by molar-refractivity contribution is 0.289. The van der Waals surface area contributed by atoms with E-state index in [1.165, 1.54) is 73.1 Å². The largest absolute Gasteiger partial charge is 0.508 e. The number of ether oxygens (including phenoxy) is 2. The number of nitrogens with zero attached hydrogens (tertiary/aromatic N) is 1. The number of anilines is 1. The van der Waals surface area contributed by atoms with Gasteiger partial charge in [-0.25, -0.2) is 0 Å². The van der Waals surface area contributed by atoms with Gasteiger partial charge < -0.3 is 24.8 Å². The Bertz CT molecular complexity index is 1250. The van der Waals surface area contributed by atoms with Crippen LogP contribution in [0.3, 0.4) is 0 Å². The van der Waals surface area contributed by atoms with Gasteiger partial charge in [0.05, 0.1) is 14.2 Å². The Kier molecular flexibility index (Phi) is 9.53. The molecule has 2 aliphatic rings. The molecule has 1 heterocycles. The van der Waals surface area contributed by atoms with Crippen molar-refractivity contribution in [1.82, 2.24) is 4.90 Å². The van der Waals surface area contributed by atoms with Gasteiger partial charge in [-0.05, 0) is 117 Å². The van der Waals surface area contributed by atoms with Crippen LogP contribution in [0.5, 0.6) is 17.2 Å². The minimum absolute atomic E-state index is 0.257. The smallest absolute Gasteiger partial charge is 0.162 e. The van der Waals surface area contributed by atoms with Gasteiger partial charge in [0.1, 0.15) is 5.75 Å². The molecule has 3 aromatic carbocycles. The molecule has 0 aromatic heterocycles. The van der Waals surface area contributed by atoms with Crippen LogP contribution in [0.1, 0.15) is 72.8 Å². The summed E-state index contributed by atoms with van der Waals surface area (Å²) in [6, 6.07) is 19.6. The van der Waals surface area contributed by atoms with Gasteiger partial charge in [0, 0.05) is 24.3 Å². The number of likely N-dealkylation sites (tertiary alicyclic amines) is 1. The van der Waals surface area contributed by atoms with Crippen molar-refractivity contribution >= 4 is 5.69 Å². The van der Waals surface area contributed by atoms with Gasteiger partial charge in [0.25, 0.3) is 0 Å². The Labute approximate surface area is 240 Å². The van der Waals surface area contributed by atoms with Gasteiger partial charge in [-0.2, -0.15) is 0 Å². The van der Waals surface area contributed by atoms with Crippen LogP contribution in [0, 0.1) is 0 Å². The fourth-order valence-corrected chi connectivity index (χ4v) is 6.52. The molecule has 5 heteroatoms. The van der Waals surface area contributed by atoms with Crippen LogP contribution in [0.25, 0.3) is 0 Å². The first-order chi connectivity index (χ1) is 19.5. The summed E-state index contributed by atoms with van der Waals surface area (Å²) in [4.78, 5) is 2.64. The van der Waals surface area contributed by atoms with Gasteiger partial charge in [-0.1, -0.05) is 43.2 Å². The van der Waals surface area contributed by atoms with Crippen molar-refractivity contribution < 1.29 is 14.6 Å². The number of aryl methyl sites for hydroxylation is 1. The third kappa shape index (κ3) is 7.11.